The van der Waals surface area contributed by atoms with E-state index in [1.165, 1.54) is 49.5 Å². The summed E-state index contributed by atoms with van der Waals surface area (Å²) >= 11 is 1.45. The summed E-state index contributed by atoms with van der Waals surface area (Å²) in [5, 5.41) is 10.9. The molecule has 3 aromatic carbocycles. The molecule has 6 nitrogen and oxygen atoms in total. The van der Waals surface area contributed by atoms with Gasteiger partial charge in [0.15, 0.2) is 17.3 Å². The fourth-order valence-electron chi connectivity index (χ4n) is 7.27. The Morgan fingerprint density at radius 1 is 0.889 bits per heavy atom. The molecule has 1 aliphatic carbocycles. The number of hydrogen-bond acceptors (Lipinski definition) is 7. The van der Waals surface area contributed by atoms with E-state index in [4.69, 9.17) is 9.47 Å². The number of hydrogen-bond donors (Lipinski definition) is 1. The molecule has 4 aromatic rings. The van der Waals surface area contributed by atoms with Crippen LogP contribution in [0.25, 0.3) is 20.5 Å². The maximum Gasteiger partial charge on any atom is 0.195 e. The molecule has 236 valence electrons. The Balaban J connectivity index is 1.12. The van der Waals surface area contributed by atoms with E-state index < -0.39 is 5.82 Å². The second-order valence-electron chi connectivity index (χ2n) is 12.6. The molecule has 7 rings (SSSR count). The van der Waals surface area contributed by atoms with Gasteiger partial charge in [0, 0.05) is 38.7 Å². The van der Waals surface area contributed by atoms with Crippen LogP contribution in [0.15, 0.2) is 60.7 Å². The zero-order chi connectivity index (χ0) is 30.8. The van der Waals surface area contributed by atoms with Crippen LogP contribution < -0.4 is 9.47 Å². The normalized spacial score (nSPS) is 21.0. The van der Waals surface area contributed by atoms with E-state index in [0.29, 0.717) is 18.2 Å². The molecule has 3 heterocycles. The van der Waals surface area contributed by atoms with Crippen molar-refractivity contribution in [3.63, 3.8) is 0 Å². The van der Waals surface area contributed by atoms with Crippen molar-refractivity contribution in [1.82, 2.24) is 9.80 Å². The predicted octanol–water partition coefficient (Wildman–Crippen LogP) is 7.90. The van der Waals surface area contributed by atoms with E-state index in [0.717, 1.165) is 78.3 Å². The quantitative estimate of drug-likeness (QED) is 0.180. The molecule has 8 heteroatoms. The molecule has 45 heavy (non-hydrogen) atoms. The van der Waals surface area contributed by atoms with Gasteiger partial charge in [-0.1, -0.05) is 6.42 Å². The number of halogens is 1. The maximum absolute atomic E-state index is 15.6. The summed E-state index contributed by atoms with van der Waals surface area (Å²) in [6.07, 6.45) is 9.16. The first-order valence-electron chi connectivity index (χ1n) is 16.5. The first-order valence-corrected chi connectivity index (χ1v) is 17.3. The first kappa shape index (κ1) is 30.2. The molecule has 3 fully saturated rings. The van der Waals surface area contributed by atoms with Crippen LogP contribution in [0.5, 0.6) is 17.2 Å². The number of phenols is 1. The highest BCUT2D eigenvalue weighted by Gasteiger charge is 2.33. The average molecular weight is 629 g/mol. The molecular weight excluding hydrogens is 587 g/mol. The molecule has 2 unspecified atom stereocenters. The zero-order valence-corrected chi connectivity index (χ0v) is 26.5. The number of phenolic OH excluding ortho intramolecular Hbond substituents is 1. The summed E-state index contributed by atoms with van der Waals surface area (Å²) in [5.74, 6) is 0.362. The Hall–Kier alpha value is -3.46. The predicted molar refractivity (Wildman–Crippen MR) is 177 cm³/mol. The summed E-state index contributed by atoms with van der Waals surface area (Å²) in [6, 6.07) is 17.8. The van der Waals surface area contributed by atoms with Crippen LogP contribution in [0.4, 0.5) is 4.39 Å². The number of aromatic hydroxyl groups is 1. The van der Waals surface area contributed by atoms with Crippen molar-refractivity contribution in [1.29, 1.82) is 0 Å². The van der Waals surface area contributed by atoms with Gasteiger partial charge in [-0.15, -0.1) is 11.3 Å². The second-order valence-corrected chi connectivity index (χ2v) is 13.7. The van der Waals surface area contributed by atoms with Gasteiger partial charge in [0.1, 0.15) is 24.2 Å². The van der Waals surface area contributed by atoms with E-state index in [1.807, 2.05) is 24.3 Å². The topological polar surface area (TPSA) is 62.2 Å². The average Bonchev–Trinajstić information content (AvgIpc) is 3.84. The van der Waals surface area contributed by atoms with Crippen molar-refractivity contribution in [2.45, 2.75) is 63.5 Å². The minimum absolute atomic E-state index is 0.0415. The molecule has 2 atom stereocenters. The molecule has 0 radical (unpaired) electrons. The molecule has 0 bridgehead atoms. The van der Waals surface area contributed by atoms with Gasteiger partial charge in [-0.2, -0.15) is 0 Å². The van der Waals surface area contributed by atoms with E-state index >= 15 is 4.39 Å². The van der Waals surface area contributed by atoms with Gasteiger partial charge in [0.25, 0.3) is 0 Å². The van der Waals surface area contributed by atoms with Crippen LogP contribution in [0.2, 0.25) is 0 Å². The van der Waals surface area contributed by atoms with Crippen molar-refractivity contribution in [2.75, 3.05) is 39.3 Å². The molecule has 1 N–H and O–H groups in total. The van der Waals surface area contributed by atoms with Crippen molar-refractivity contribution in [3.05, 3.63) is 77.6 Å². The highest BCUT2D eigenvalue weighted by molar-refractivity contribution is 7.22. The number of nitrogens with zero attached hydrogens (tertiary/aromatic N) is 2. The number of likely N-dealkylation sites (tertiary alicyclic amines) is 2. The van der Waals surface area contributed by atoms with Crippen molar-refractivity contribution in [3.8, 4) is 27.7 Å². The third kappa shape index (κ3) is 6.60. The van der Waals surface area contributed by atoms with Gasteiger partial charge in [-0.25, -0.2) is 4.39 Å². The lowest BCUT2D eigenvalue weighted by atomic mass is 9.91. The van der Waals surface area contributed by atoms with Crippen LogP contribution >= 0.6 is 11.3 Å². The van der Waals surface area contributed by atoms with E-state index in [9.17, 15) is 9.90 Å². The van der Waals surface area contributed by atoms with E-state index in [1.54, 1.807) is 30.3 Å². The Morgan fingerprint density at radius 2 is 1.64 bits per heavy atom. The van der Waals surface area contributed by atoms with Crippen LogP contribution in [-0.4, -0.2) is 72.2 Å². The number of carbonyl (C=O) groups is 1. The SMILES string of the molecule is O=C(c1ccc(OC2CCCCC2N2CCCC2)c(F)c1)c1c(-c2ccc(OCCN3CCCC3)cc2)sc2cc(O)ccc12. The Morgan fingerprint density at radius 3 is 2.42 bits per heavy atom. The number of ketones is 1. The van der Waals surface area contributed by atoms with Crippen molar-refractivity contribution < 1.29 is 23.8 Å². The fraction of sp³-hybridized carbons (Fsp3) is 0.432. The number of rotatable bonds is 10. The maximum atomic E-state index is 15.6. The minimum Gasteiger partial charge on any atom is -0.508 e. The number of thiophene rings is 1. The largest absolute Gasteiger partial charge is 0.508 e. The third-order valence-electron chi connectivity index (χ3n) is 9.64. The second kappa shape index (κ2) is 13.5. The monoisotopic (exact) mass is 628 g/mol. The first-order chi connectivity index (χ1) is 22.0. The summed E-state index contributed by atoms with van der Waals surface area (Å²) in [7, 11) is 0. The van der Waals surface area contributed by atoms with Gasteiger partial charge in [-0.3, -0.25) is 14.6 Å². The number of ether oxygens (including phenoxy) is 2. The number of fused-ring (bicyclic) bond motifs is 1. The number of carbonyl (C=O) groups excluding carboxylic acids is 1. The standard InChI is InChI=1S/C37H41FN2O4S/c38-30-23-26(11-16-32(30)44-33-8-2-1-7-31(33)40-19-5-6-20-40)36(42)35-29-15-12-27(41)24-34(29)45-37(35)25-9-13-28(14-10-25)43-22-21-39-17-3-4-18-39/h9-16,23-24,31,33,41H,1-8,17-22H2. The Kier molecular flexibility index (Phi) is 9.06. The van der Waals surface area contributed by atoms with Gasteiger partial charge in [0.05, 0.1) is 0 Å². The van der Waals surface area contributed by atoms with Crippen molar-refractivity contribution >= 4 is 27.2 Å². The molecule has 0 spiro atoms. The molecule has 2 aliphatic heterocycles. The van der Waals surface area contributed by atoms with Gasteiger partial charge >= 0.3 is 0 Å². The summed E-state index contributed by atoms with van der Waals surface area (Å²) < 4.78 is 28.7. The number of benzene rings is 3. The Bertz CT molecular complexity index is 1640. The molecule has 0 amide bonds. The van der Waals surface area contributed by atoms with Crippen LogP contribution in [0, 0.1) is 5.82 Å². The van der Waals surface area contributed by atoms with Gasteiger partial charge in [-0.05, 0) is 137 Å². The van der Waals surface area contributed by atoms with Gasteiger partial charge < -0.3 is 14.6 Å². The molecule has 1 saturated carbocycles. The molecule has 1 aromatic heterocycles. The highest BCUT2D eigenvalue weighted by atomic mass is 32.1. The third-order valence-corrected chi connectivity index (χ3v) is 10.8. The molecular formula is C37H41FN2O4S. The Labute approximate surface area is 268 Å². The van der Waals surface area contributed by atoms with Crippen LogP contribution in [0.3, 0.4) is 0 Å². The van der Waals surface area contributed by atoms with E-state index in [-0.39, 0.29) is 28.9 Å². The van der Waals surface area contributed by atoms with E-state index in [2.05, 4.69) is 9.80 Å². The molecule has 3 aliphatic rings. The van der Waals surface area contributed by atoms with Gasteiger partial charge in [0.2, 0.25) is 0 Å². The lowest BCUT2D eigenvalue weighted by Crippen LogP contribution is -2.46. The smallest absolute Gasteiger partial charge is 0.195 e. The highest BCUT2D eigenvalue weighted by Crippen LogP contribution is 2.42. The summed E-state index contributed by atoms with van der Waals surface area (Å²) in [5.41, 5.74) is 1.65. The zero-order valence-electron chi connectivity index (χ0n) is 25.7. The lowest BCUT2D eigenvalue weighted by Gasteiger charge is -2.37. The van der Waals surface area contributed by atoms with Crippen LogP contribution in [-0.2, 0) is 0 Å². The summed E-state index contributed by atoms with van der Waals surface area (Å²) in [6.45, 7) is 6.00. The lowest BCUT2D eigenvalue weighted by molar-refractivity contribution is 0.0460. The van der Waals surface area contributed by atoms with Crippen molar-refractivity contribution in [2.24, 2.45) is 0 Å². The van der Waals surface area contributed by atoms with Crippen LogP contribution in [0.1, 0.15) is 67.3 Å². The molecule has 2 saturated heterocycles. The minimum atomic E-state index is -0.513. The fourth-order valence-corrected chi connectivity index (χ4v) is 8.50. The summed E-state index contributed by atoms with van der Waals surface area (Å²) in [4.78, 5) is 19.8.